The maximum Gasteiger partial charge on any atom is 0.414 e. The topological polar surface area (TPSA) is 235 Å². The fraction of sp³-hybridized carbons (Fsp3) is 0.629. The van der Waals surface area contributed by atoms with Gasteiger partial charge in [-0.05, 0) is 93.7 Å². The minimum absolute atomic E-state index is 0.0320. The quantitative estimate of drug-likeness (QED) is 0.0801. The molecule has 0 radical (unpaired) electrons. The molecule has 5 N–H and O–H groups in total. The molecule has 1 saturated heterocycles. The third-order valence-corrected chi connectivity index (χ3v) is 8.41. The summed E-state index contributed by atoms with van der Waals surface area (Å²) in [6.45, 7) is 16.6. The number of hydrazone groups is 1. The lowest BCUT2D eigenvalue weighted by molar-refractivity contribution is -0.150. The van der Waals surface area contributed by atoms with E-state index < -0.39 is 74.9 Å². The molecule has 19 heteroatoms. The number of hydrogen-bond acceptors (Lipinski definition) is 12. The van der Waals surface area contributed by atoms with Gasteiger partial charge in [-0.15, -0.1) is 0 Å². The number of likely N-dealkylation sites (tertiary alicyclic amines) is 1. The van der Waals surface area contributed by atoms with Gasteiger partial charge >= 0.3 is 12.2 Å². The van der Waals surface area contributed by atoms with Gasteiger partial charge in [-0.2, -0.15) is 9.82 Å². The number of nitrogens with zero attached hydrogens (tertiary/aromatic N) is 3. The van der Waals surface area contributed by atoms with Gasteiger partial charge in [0, 0.05) is 26.2 Å². The van der Waals surface area contributed by atoms with Crippen LogP contribution in [0.5, 0.6) is 0 Å². The Morgan fingerprint density at radius 1 is 0.907 bits per heavy atom. The van der Waals surface area contributed by atoms with E-state index in [4.69, 9.17) is 14.2 Å². The summed E-state index contributed by atoms with van der Waals surface area (Å²) in [6.07, 6.45) is 0.429. The highest BCUT2D eigenvalue weighted by atomic mass is 32.2. The van der Waals surface area contributed by atoms with Crippen LogP contribution in [0.4, 0.5) is 9.59 Å². The number of benzene rings is 1. The molecule has 0 aliphatic carbocycles. The number of sulfonamides is 1. The number of guanidine groups is 1. The van der Waals surface area contributed by atoms with Crippen LogP contribution in [0.25, 0.3) is 0 Å². The molecule has 1 aromatic rings. The normalized spacial score (nSPS) is 16.0. The molecule has 0 saturated carbocycles. The lowest BCUT2D eigenvalue weighted by atomic mass is 9.99. The third kappa shape index (κ3) is 17.5. The average Bonchev–Trinajstić information content (AvgIpc) is 2.98. The Morgan fingerprint density at radius 2 is 1.48 bits per heavy atom. The smallest absolute Gasteiger partial charge is 0.414 e. The Labute approximate surface area is 317 Å². The number of nitrogens with one attached hydrogen (secondary N) is 5. The molecule has 0 spiro atoms. The molecule has 1 heterocycles. The summed E-state index contributed by atoms with van der Waals surface area (Å²) in [7, 11) is -4.11. The summed E-state index contributed by atoms with van der Waals surface area (Å²) < 4.78 is 45.1. The average molecular weight is 781 g/mol. The van der Waals surface area contributed by atoms with Gasteiger partial charge in [0.05, 0.1) is 23.1 Å². The van der Waals surface area contributed by atoms with Gasteiger partial charge in [0.2, 0.25) is 33.7 Å². The van der Waals surface area contributed by atoms with Crippen LogP contribution >= 0.6 is 0 Å². The van der Waals surface area contributed by atoms with E-state index in [1.165, 1.54) is 30.2 Å². The zero-order chi connectivity index (χ0) is 40.9. The van der Waals surface area contributed by atoms with Gasteiger partial charge in [0.25, 0.3) is 0 Å². The first-order valence-corrected chi connectivity index (χ1v) is 19.0. The lowest BCUT2D eigenvalue weighted by Gasteiger charge is -2.42. The van der Waals surface area contributed by atoms with E-state index in [0.29, 0.717) is 6.42 Å². The highest BCUT2D eigenvalue weighted by Gasteiger charge is 2.42. The molecule has 1 fully saturated rings. The van der Waals surface area contributed by atoms with Gasteiger partial charge < -0.3 is 24.4 Å². The fourth-order valence-corrected chi connectivity index (χ4v) is 5.76. The Bertz CT molecular complexity index is 1600. The van der Waals surface area contributed by atoms with Crippen molar-refractivity contribution in [3.63, 3.8) is 0 Å². The monoisotopic (exact) mass is 780 g/mol. The molecule has 5 amide bonds. The first kappa shape index (κ1) is 45.5. The summed E-state index contributed by atoms with van der Waals surface area (Å²) in [6, 6.07) is 4.59. The predicted molar refractivity (Wildman–Crippen MR) is 201 cm³/mol. The predicted octanol–water partition coefficient (Wildman–Crippen LogP) is 2.54. The number of alkyl carbamates (subject to hydrolysis) is 2. The van der Waals surface area contributed by atoms with Crippen molar-refractivity contribution in [2.75, 3.05) is 19.7 Å². The number of hydrogen-bond donors (Lipinski definition) is 5. The molecule has 302 valence electrons. The van der Waals surface area contributed by atoms with Gasteiger partial charge in [-0.3, -0.25) is 30.0 Å². The Kier molecular flexibility index (Phi) is 16.6. The van der Waals surface area contributed by atoms with Crippen LogP contribution < -0.4 is 26.1 Å². The third-order valence-electron chi connectivity index (χ3n) is 6.92. The van der Waals surface area contributed by atoms with E-state index in [9.17, 15) is 32.4 Å². The minimum atomic E-state index is -4.11. The van der Waals surface area contributed by atoms with Crippen LogP contribution in [0.2, 0.25) is 0 Å². The van der Waals surface area contributed by atoms with Gasteiger partial charge in [-0.1, -0.05) is 18.2 Å². The van der Waals surface area contributed by atoms with E-state index in [1.54, 1.807) is 80.5 Å². The number of ether oxygens (including phenoxy) is 3. The second-order valence-corrected chi connectivity index (χ2v) is 17.1. The largest absolute Gasteiger partial charge is 0.444 e. The molecule has 1 aromatic carbocycles. The van der Waals surface area contributed by atoms with E-state index >= 15 is 0 Å². The number of carbonyl (C=O) groups excluding carboxylic acids is 5. The second kappa shape index (κ2) is 19.6. The second-order valence-electron chi connectivity index (χ2n) is 15.4. The molecule has 0 aromatic heterocycles. The summed E-state index contributed by atoms with van der Waals surface area (Å²) in [4.78, 5) is 69.1. The number of rotatable bonds is 14. The van der Waals surface area contributed by atoms with Crippen LogP contribution in [0.15, 0.2) is 45.3 Å². The molecule has 1 aliphatic heterocycles. The van der Waals surface area contributed by atoms with E-state index in [2.05, 4.69) is 36.2 Å². The Balaban J connectivity index is 2.19. The van der Waals surface area contributed by atoms with Crippen molar-refractivity contribution < 1.29 is 46.6 Å². The van der Waals surface area contributed by atoms with Crippen molar-refractivity contribution >= 4 is 52.1 Å². The number of aliphatic imine (C=N–C) groups is 1. The van der Waals surface area contributed by atoms with Gasteiger partial charge in [0.1, 0.15) is 23.3 Å². The molecule has 54 heavy (non-hydrogen) atoms. The van der Waals surface area contributed by atoms with Crippen LogP contribution in [0.1, 0.15) is 88.5 Å². The maximum atomic E-state index is 13.8. The van der Waals surface area contributed by atoms with E-state index in [0.717, 1.165) is 0 Å². The standard InChI is InChI=1S/C35H56N8O10S/c1-23(44)41-37-21-24(15-14-19-36-30(39-31(47)52-34(5,6)7)40-32(48)53-35(8,9)10)38-28(45)27-18-20-43(27)29(46)26(22-51-33(2,3)4)42-54(49,50)25-16-12-11-13-17-25/h11-13,16-17,21,24,26-27,42H,14-15,18-20,22H2,1-10H3,(H,38,45)(H,41,44)(H2,36,39,40,47,48)/b37-21+/t24-,26+,27-/m0/s1. The zero-order valence-electron chi connectivity index (χ0n) is 32.8. The highest BCUT2D eigenvalue weighted by Crippen LogP contribution is 2.21. The van der Waals surface area contributed by atoms with Crippen molar-refractivity contribution in [3.8, 4) is 0 Å². The zero-order valence-corrected chi connectivity index (χ0v) is 33.6. The lowest BCUT2D eigenvalue weighted by Crippen LogP contribution is -2.64. The molecule has 3 atom stereocenters. The molecule has 0 bridgehead atoms. The van der Waals surface area contributed by atoms with Crippen LogP contribution in [0.3, 0.4) is 0 Å². The number of carbonyl (C=O) groups is 5. The number of amides is 5. The minimum Gasteiger partial charge on any atom is -0.444 e. The molecule has 18 nitrogen and oxygen atoms in total. The van der Waals surface area contributed by atoms with Crippen molar-refractivity contribution in [1.82, 2.24) is 31.0 Å². The van der Waals surface area contributed by atoms with E-state index in [1.807, 2.05) is 0 Å². The van der Waals surface area contributed by atoms with Crippen molar-refractivity contribution in [2.24, 2.45) is 10.1 Å². The summed E-state index contributed by atoms with van der Waals surface area (Å²) in [5.41, 5.74) is -0.0483. The first-order chi connectivity index (χ1) is 24.8. The molecular weight excluding hydrogens is 724 g/mol. The molecular formula is C35H56N8O10S. The summed E-state index contributed by atoms with van der Waals surface area (Å²) in [5, 5.41) is 11.5. The van der Waals surface area contributed by atoms with Gasteiger partial charge in [0.15, 0.2) is 0 Å². The van der Waals surface area contributed by atoms with Crippen LogP contribution in [-0.4, -0.2) is 110 Å². The van der Waals surface area contributed by atoms with Crippen LogP contribution in [-0.2, 0) is 38.6 Å². The molecule has 0 unspecified atom stereocenters. The van der Waals surface area contributed by atoms with E-state index in [-0.39, 0.29) is 43.4 Å². The summed E-state index contributed by atoms with van der Waals surface area (Å²) >= 11 is 0. The molecule has 2 rings (SSSR count). The Hall–Kier alpha value is -4.62. The van der Waals surface area contributed by atoms with Crippen molar-refractivity contribution in [2.45, 2.75) is 128 Å². The Morgan fingerprint density at radius 3 is 1.96 bits per heavy atom. The van der Waals surface area contributed by atoms with Gasteiger partial charge in [-0.25, -0.2) is 23.4 Å². The summed E-state index contributed by atoms with van der Waals surface area (Å²) in [5.74, 6) is -1.82. The van der Waals surface area contributed by atoms with Crippen LogP contribution in [0, 0.1) is 0 Å². The first-order valence-electron chi connectivity index (χ1n) is 17.5. The van der Waals surface area contributed by atoms with Crippen molar-refractivity contribution in [1.29, 1.82) is 0 Å². The fourth-order valence-electron chi connectivity index (χ4n) is 4.56. The highest BCUT2D eigenvalue weighted by molar-refractivity contribution is 7.89. The maximum absolute atomic E-state index is 13.8. The SMILES string of the molecule is CC(=O)N/N=C/[C@H](CCCN=C(NC(=O)OC(C)(C)C)NC(=O)OC(C)(C)C)NC(=O)[C@@H]1CCN1C(=O)[C@@H](COC(C)(C)C)NS(=O)(=O)c1ccccc1. The molecule has 1 aliphatic rings. The van der Waals surface area contributed by atoms with Crippen molar-refractivity contribution in [3.05, 3.63) is 30.3 Å².